The highest BCUT2D eigenvalue weighted by Crippen LogP contribution is 2.43. The first-order valence-corrected chi connectivity index (χ1v) is 14.6. The fourth-order valence-electron chi connectivity index (χ4n) is 5.16. The number of hydrogen-bond acceptors (Lipinski definition) is 5. The van der Waals surface area contributed by atoms with Crippen molar-refractivity contribution in [3.63, 3.8) is 0 Å². The number of fused-ring (bicyclic) bond motifs is 1. The molecule has 6 nitrogen and oxygen atoms in total. The van der Waals surface area contributed by atoms with Crippen molar-refractivity contribution < 1.29 is 9.59 Å². The molecule has 0 saturated carbocycles. The van der Waals surface area contributed by atoms with Gasteiger partial charge in [-0.25, -0.2) is 4.98 Å². The van der Waals surface area contributed by atoms with E-state index >= 15 is 0 Å². The average molecular weight is 612 g/mol. The number of benzene rings is 2. The number of aryl methyl sites for hydroxylation is 1. The number of likely N-dealkylation sites (tertiary alicyclic amines) is 1. The molecule has 1 atom stereocenters. The molecule has 1 aliphatic rings. The van der Waals surface area contributed by atoms with Crippen LogP contribution in [0.4, 0.5) is 11.4 Å². The van der Waals surface area contributed by atoms with Gasteiger partial charge in [0.05, 0.1) is 16.9 Å². The van der Waals surface area contributed by atoms with Crippen LogP contribution in [0, 0.1) is 6.92 Å². The highest BCUT2D eigenvalue weighted by molar-refractivity contribution is 9.10. The number of halogens is 2. The molecule has 0 spiro atoms. The Morgan fingerprint density at radius 3 is 2.55 bits per heavy atom. The van der Waals surface area contributed by atoms with Crippen LogP contribution in [-0.2, 0) is 0 Å². The summed E-state index contributed by atoms with van der Waals surface area (Å²) in [5.41, 5.74) is 10.2. The van der Waals surface area contributed by atoms with Crippen molar-refractivity contribution in [2.24, 2.45) is 0 Å². The molecule has 0 unspecified atom stereocenters. The molecule has 2 aromatic carbocycles. The van der Waals surface area contributed by atoms with Gasteiger partial charge in [0.25, 0.3) is 11.8 Å². The Hall–Kier alpha value is -2.94. The zero-order valence-corrected chi connectivity index (χ0v) is 24.3. The quantitative estimate of drug-likeness (QED) is 0.240. The summed E-state index contributed by atoms with van der Waals surface area (Å²) in [5, 5.41) is 4.19. The molecule has 0 aliphatic carbocycles. The summed E-state index contributed by atoms with van der Waals surface area (Å²) in [6.07, 6.45) is 4.03. The van der Waals surface area contributed by atoms with E-state index in [1.807, 2.05) is 36.1 Å². The predicted octanol–water partition coefficient (Wildman–Crippen LogP) is 7.93. The molecule has 5 rings (SSSR count). The normalized spacial score (nSPS) is 15.6. The van der Waals surface area contributed by atoms with Gasteiger partial charge in [0.1, 0.15) is 9.71 Å². The fourth-order valence-corrected chi connectivity index (χ4v) is 6.65. The van der Waals surface area contributed by atoms with E-state index in [4.69, 9.17) is 22.3 Å². The standard InChI is InChI=1S/C29H28BrClN4O2S/c1-3-21-6-4-5-15-35(21)29(37)26-25(32)24-23(17-7-9-18(30)10-8-17)22(16(2)33-28(24)38-26)27(36)34-20-13-11-19(31)12-14-20/h7-14,21H,3-6,15,32H2,1-2H3,(H,34,36)/t21-/m1/s1. The average Bonchev–Trinajstić information content (AvgIpc) is 3.24. The van der Waals surface area contributed by atoms with Crippen molar-refractivity contribution in [2.75, 3.05) is 17.6 Å². The molecular formula is C29H28BrClN4O2S. The third kappa shape index (κ3) is 5.05. The van der Waals surface area contributed by atoms with Crippen molar-refractivity contribution in [2.45, 2.75) is 45.6 Å². The van der Waals surface area contributed by atoms with E-state index in [0.29, 0.717) is 48.3 Å². The molecule has 1 saturated heterocycles. The summed E-state index contributed by atoms with van der Waals surface area (Å²) in [4.78, 5) is 35.3. The number of carbonyl (C=O) groups is 2. The lowest BCUT2D eigenvalue weighted by atomic mass is 9.94. The van der Waals surface area contributed by atoms with Gasteiger partial charge in [-0.3, -0.25) is 9.59 Å². The number of amides is 2. The molecule has 2 amide bonds. The molecular weight excluding hydrogens is 584 g/mol. The Labute approximate surface area is 239 Å². The number of rotatable bonds is 5. The van der Waals surface area contributed by atoms with Crippen molar-refractivity contribution >= 4 is 72.3 Å². The molecule has 1 fully saturated rings. The third-order valence-corrected chi connectivity index (χ3v) is 8.94. The maximum absolute atomic E-state index is 13.8. The number of piperidine rings is 1. The molecule has 38 heavy (non-hydrogen) atoms. The van der Waals surface area contributed by atoms with Crippen molar-refractivity contribution in [3.8, 4) is 11.1 Å². The highest BCUT2D eigenvalue weighted by atomic mass is 79.9. The molecule has 196 valence electrons. The number of nitrogen functional groups attached to an aromatic ring is 1. The van der Waals surface area contributed by atoms with E-state index in [9.17, 15) is 9.59 Å². The van der Waals surface area contributed by atoms with Gasteiger partial charge in [0.2, 0.25) is 0 Å². The molecule has 3 heterocycles. The minimum Gasteiger partial charge on any atom is -0.397 e. The van der Waals surface area contributed by atoms with Gasteiger partial charge in [-0.15, -0.1) is 11.3 Å². The lowest BCUT2D eigenvalue weighted by Gasteiger charge is -2.35. The van der Waals surface area contributed by atoms with Gasteiger partial charge in [-0.1, -0.05) is 46.6 Å². The number of carbonyl (C=O) groups excluding carboxylic acids is 2. The van der Waals surface area contributed by atoms with E-state index in [2.05, 4.69) is 28.2 Å². The smallest absolute Gasteiger partial charge is 0.266 e. The van der Waals surface area contributed by atoms with Gasteiger partial charge >= 0.3 is 0 Å². The molecule has 4 aromatic rings. The minimum absolute atomic E-state index is 0.0522. The first kappa shape index (κ1) is 26.7. The first-order valence-electron chi connectivity index (χ1n) is 12.6. The predicted molar refractivity (Wildman–Crippen MR) is 160 cm³/mol. The number of hydrogen-bond donors (Lipinski definition) is 2. The van der Waals surface area contributed by atoms with E-state index in [-0.39, 0.29) is 17.9 Å². The van der Waals surface area contributed by atoms with Crippen LogP contribution < -0.4 is 11.1 Å². The van der Waals surface area contributed by atoms with E-state index in [1.165, 1.54) is 11.3 Å². The summed E-state index contributed by atoms with van der Waals surface area (Å²) in [5.74, 6) is -0.360. The van der Waals surface area contributed by atoms with Gasteiger partial charge in [0, 0.05) is 38.7 Å². The Morgan fingerprint density at radius 2 is 1.87 bits per heavy atom. The van der Waals surface area contributed by atoms with Crippen LogP contribution >= 0.6 is 38.9 Å². The maximum Gasteiger partial charge on any atom is 0.266 e. The molecule has 0 bridgehead atoms. The second-order valence-electron chi connectivity index (χ2n) is 9.50. The molecule has 1 aliphatic heterocycles. The van der Waals surface area contributed by atoms with Crippen molar-refractivity contribution in [1.29, 1.82) is 0 Å². The fraction of sp³-hybridized carbons (Fsp3) is 0.276. The second kappa shape index (κ2) is 11.0. The summed E-state index contributed by atoms with van der Waals surface area (Å²) >= 11 is 10.8. The summed E-state index contributed by atoms with van der Waals surface area (Å²) in [6.45, 7) is 4.66. The maximum atomic E-state index is 13.8. The number of aromatic nitrogens is 1. The lowest BCUT2D eigenvalue weighted by molar-refractivity contribution is 0.0614. The van der Waals surface area contributed by atoms with Gasteiger partial charge < -0.3 is 16.0 Å². The van der Waals surface area contributed by atoms with Crippen molar-refractivity contribution in [3.05, 3.63) is 74.2 Å². The van der Waals surface area contributed by atoms with Crippen LogP contribution in [0.15, 0.2) is 53.0 Å². The van der Waals surface area contributed by atoms with Crippen LogP contribution in [0.5, 0.6) is 0 Å². The van der Waals surface area contributed by atoms with Gasteiger partial charge in [0.15, 0.2) is 0 Å². The molecule has 2 aromatic heterocycles. The van der Waals surface area contributed by atoms with Crippen LogP contribution in [0.2, 0.25) is 5.02 Å². The second-order valence-corrected chi connectivity index (χ2v) is 11.8. The SMILES string of the molecule is CC[C@@H]1CCCCN1C(=O)c1sc2nc(C)c(C(=O)Nc3ccc(Cl)cc3)c(-c3ccc(Br)cc3)c2c1N. The van der Waals surface area contributed by atoms with Crippen LogP contribution in [0.1, 0.15) is 58.3 Å². The Balaban J connectivity index is 1.68. The molecule has 9 heteroatoms. The van der Waals surface area contributed by atoms with Crippen LogP contribution in [0.3, 0.4) is 0 Å². The zero-order valence-electron chi connectivity index (χ0n) is 21.2. The summed E-state index contributed by atoms with van der Waals surface area (Å²) < 4.78 is 0.917. The molecule has 3 N–H and O–H groups in total. The first-order chi connectivity index (χ1) is 18.3. The van der Waals surface area contributed by atoms with Gasteiger partial charge in [-0.2, -0.15) is 0 Å². The number of nitrogens with one attached hydrogen (secondary N) is 1. The zero-order chi connectivity index (χ0) is 27.0. The van der Waals surface area contributed by atoms with E-state index in [0.717, 1.165) is 42.3 Å². The number of pyridine rings is 1. The van der Waals surface area contributed by atoms with Crippen molar-refractivity contribution in [1.82, 2.24) is 9.88 Å². The van der Waals surface area contributed by atoms with E-state index < -0.39 is 0 Å². The minimum atomic E-state index is -0.308. The number of nitrogens with two attached hydrogens (primary N) is 1. The third-order valence-electron chi connectivity index (χ3n) is 7.07. The lowest BCUT2D eigenvalue weighted by Crippen LogP contribution is -2.43. The summed E-state index contributed by atoms with van der Waals surface area (Å²) in [6, 6.07) is 14.9. The largest absolute Gasteiger partial charge is 0.397 e. The van der Waals surface area contributed by atoms with E-state index in [1.54, 1.807) is 24.3 Å². The van der Waals surface area contributed by atoms with Crippen LogP contribution in [0.25, 0.3) is 21.3 Å². The Bertz CT molecular complexity index is 1520. The molecule has 0 radical (unpaired) electrons. The Kier molecular flexibility index (Phi) is 7.75. The van der Waals surface area contributed by atoms with Crippen LogP contribution in [-0.4, -0.2) is 34.3 Å². The van der Waals surface area contributed by atoms with Gasteiger partial charge in [-0.05, 0) is 74.6 Å². The number of nitrogens with zero attached hydrogens (tertiary/aromatic N) is 2. The number of thiophene rings is 1. The monoisotopic (exact) mass is 610 g/mol. The number of anilines is 2. The topological polar surface area (TPSA) is 88.3 Å². The summed E-state index contributed by atoms with van der Waals surface area (Å²) in [7, 11) is 0. The Morgan fingerprint density at radius 1 is 1.16 bits per heavy atom. The highest BCUT2D eigenvalue weighted by Gasteiger charge is 2.31.